The number of Topliss-reactive ketones (excluding diaryl/α,β-unsaturated/α-hetero) is 2. The lowest BCUT2D eigenvalue weighted by molar-refractivity contribution is -0.294. The van der Waals surface area contributed by atoms with Crippen molar-refractivity contribution in [3.63, 3.8) is 0 Å². The molecule has 2 spiro atoms. The van der Waals surface area contributed by atoms with E-state index in [0.717, 1.165) is 5.56 Å². The second-order valence-electron chi connectivity index (χ2n) is 13.7. The summed E-state index contributed by atoms with van der Waals surface area (Å²) in [5, 5.41) is 12.2. The Morgan fingerprint density at radius 1 is 1.05 bits per heavy atom. The van der Waals surface area contributed by atoms with Gasteiger partial charge in [0.25, 0.3) is 0 Å². The van der Waals surface area contributed by atoms with Crippen LogP contribution >= 0.6 is 0 Å². The van der Waals surface area contributed by atoms with Crippen molar-refractivity contribution in [1.82, 2.24) is 0 Å². The number of esters is 2. The maximum absolute atomic E-state index is 14.7. The SMILES string of the molecule is CC(=O)O[C@@H]1C2[C@]34CCC(=O)[C@@]3(O)OC(C)(C)[C@@H]4CC(=O)[C@@]2(C)[C@@]23O[C@@H]2C[C@@H](c2ccoc2)[C@]3(C)[C@H]1OC(C)=O. The van der Waals surface area contributed by atoms with Crippen LogP contribution in [0.4, 0.5) is 0 Å². The first-order chi connectivity index (χ1) is 18.6. The van der Waals surface area contributed by atoms with E-state index in [4.69, 9.17) is 23.4 Å². The molecule has 4 aliphatic carbocycles. The molecule has 10 heteroatoms. The average Bonchev–Trinajstić information content (AvgIpc) is 3.08. The van der Waals surface area contributed by atoms with Crippen molar-refractivity contribution in [3.05, 3.63) is 24.2 Å². The first kappa shape index (κ1) is 26.3. The maximum atomic E-state index is 14.7. The lowest BCUT2D eigenvalue weighted by Gasteiger charge is -2.66. The number of fused-ring (bicyclic) bond motifs is 1. The molecule has 0 aromatic carbocycles. The van der Waals surface area contributed by atoms with Crippen LogP contribution in [0.5, 0.6) is 0 Å². The summed E-state index contributed by atoms with van der Waals surface area (Å²) in [7, 11) is 0. The van der Waals surface area contributed by atoms with Gasteiger partial charge in [0.15, 0.2) is 5.78 Å². The third kappa shape index (κ3) is 2.55. The van der Waals surface area contributed by atoms with Crippen LogP contribution in [0.1, 0.15) is 78.7 Å². The average molecular weight is 557 g/mol. The van der Waals surface area contributed by atoms with E-state index in [1.165, 1.54) is 13.8 Å². The zero-order valence-corrected chi connectivity index (χ0v) is 23.6. The Balaban J connectivity index is 1.54. The minimum absolute atomic E-state index is 0.0566. The minimum atomic E-state index is -2.19. The minimum Gasteiger partial charge on any atom is -0.472 e. The lowest BCUT2D eigenvalue weighted by atomic mass is 9.36. The predicted molar refractivity (Wildman–Crippen MR) is 134 cm³/mol. The molecule has 1 unspecified atom stereocenters. The molecule has 1 aromatic heterocycles. The van der Waals surface area contributed by atoms with E-state index < -0.39 is 75.0 Å². The first-order valence-corrected chi connectivity index (χ1v) is 14.2. The second kappa shape index (κ2) is 7.44. The van der Waals surface area contributed by atoms with Gasteiger partial charge >= 0.3 is 11.9 Å². The number of epoxide rings is 1. The summed E-state index contributed by atoms with van der Waals surface area (Å²) >= 11 is 0. The Hall–Kier alpha value is -2.56. The van der Waals surface area contributed by atoms with Crippen LogP contribution in [0, 0.1) is 28.1 Å². The van der Waals surface area contributed by atoms with Gasteiger partial charge in [-0.25, -0.2) is 0 Å². The number of carbonyl (C=O) groups is 4. The highest BCUT2D eigenvalue weighted by Crippen LogP contribution is 2.84. The van der Waals surface area contributed by atoms with Gasteiger partial charge < -0.3 is 28.5 Å². The maximum Gasteiger partial charge on any atom is 0.303 e. The van der Waals surface area contributed by atoms with E-state index in [9.17, 15) is 24.3 Å². The Morgan fingerprint density at radius 2 is 1.75 bits per heavy atom. The molecule has 0 bridgehead atoms. The number of aliphatic hydroxyl groups is 1. The molecule has 7 rings (SSSR count). The summed E-state index contributed by atoms with van der Waals surface area (Å²) in [5.41, 5.74) is -4.81. The number of rotatable bonds is 3. The van der Waals surface area contributed by atoms with E-state index in [0.29, 0.717) is 6.42 Å². The zero-order chi connectivity index (χ0) is 28.8. The highest BCUT2D eigenvalue weighted by molar-refractivity contribution is 5.94. The molecule has 6 fully saturated rings. The van der Waals surface area contributed by atoms with Gasteiger partial charge in [0.1, 0.15) is 23.6 Å². The van der Waals surface area contributed by atoms with E-state index in [1.807, 2.05) is 19.9 Å². The Morgan fingerprint density at radius 3 is 2.38 bits per heavy atom. The summed E-state index contributed by atoms with van der Waals surface area (Å²) in [5.74, 6) is -5.62. The number of carbonyl (C=O) groups excluding carboxylic acids is 4. The predicted octanol–water partition coefficient (Wildman–Crippen LogP) is 2.85. The molecule has 40 heavy (non-hydrogen) atoms. The van der Waals surface area contributed by atoms with Crippen LogP contribution in [0.3, 0.4) is 0 Å². The standard InChI is InChI=1S/C30H36O10/c1-14(31)37-22-23-27(6,20(34)12-18-25(3,4)40-30(35)19(33)7-9-28(18,23)30)29-21(39-29)11-17(16-8-10-36-13-16)26(29,5)24(22)38-15(2)32/h8,10,13,17-18,21-24,35H,7,9,11-12H2,1-6H3/t17-,18-,21+,22+,23?,24-,26+,27+,28+,29+,30+/m0/s1. The van der Waals surface area contributed by atoms with Gasteiger partial charge in [-0.15, -0.1) is 0 Å². The summed E-state index contributed by atoms with van der Waals surface area (Å²) in [6.07, 6.45) is 1.60. The normalized spacial score (nSPS) is 51.3. The molecular formula is C30H36O10. The molecular weight excluding hydrogens is 520 g/mol. The highest BCUT2D eigenvalue weighted by Gasteiger charge is 2.94. The Bertz CT molecular complexity index is 1350. The summed E-state index contributed by atoms with van der Waals surface area (Å²) in [6, 6.07) is 1.85. The quantitative estimate of drug-likeness (QED) is 0.436. The van der Waals surface area contributed by atoms with Crippen LogP contribution in [-0.4, -0.2) is 63.9 Å². The molecule has 0 amide bonds. The molecule has 2 saturated heterocycles. The first-order valence-electron chi connectivity index (χ1n) is 14.2. The molecule has 3 heterocycles. The monoisotopic (exact) mass is 556 g/mol. The number of hydrogen-bond donors (Lipinski definition) is 1. The van der Waals surface area contributed by atoms with Gasteiger partial charge in [-0.1, -0.05) is 6.92 Å². The fraction of sp³-hybridized carbons (Fsp3) is 0.733. The van der Waals surface area contributed by atoms with Crippen LogP contribution in [0.25, 0.3) is 0 Å². The van der Waals surface area contributed by atoms with E-state index in [2.05, 4.69) is 0 Å². The number of ether oxygens (including phenoxy) is 4. The second-order valence-corrected chi connectivity index (χ2v) is 13.7. The number of ketones is 2. The lowest BCUT2D eigenvalue weighted by Crippen LogP contribution is -2.78. The number of hydrogen-bond acceptors (Lipinski definition) is 10. The summed E-state index contributed by atoms with van der Waals surface area (Å²) in [6.45, 7) is 9.93. The van der Waals surface area contributed by atoms with Crippen LogP contribution < -0.4 is 0 Å². The van der Waals surface area contributed by atoms with Crippen molar-refractivity contribution in [2.45, 2.75) is 108 Å². The third-order valence-electron chi connectivity index (χ3n) is 12.0. The molecule has 6 aliphatic rings. The van der Waals surface area contributed by atoms with E-state index >= 15 is 0 Å². The van der Waals surface area contributed by atoms with E-state index in [-0.39, 0.29) is 37.1 Å². The molecule has 2 aliphatic heterocycles. The smallest absolute Gasteiger partial charge is 0.303 e. The van der Waals surface area contributed by atoms with E-state index in [1.54, 1.807) is 26.4 Å². The molecule has 1 aromatic rings. The molecule has 11 atom stereocenters. The number of furan rings is 1. The van der Waals surface area contributed by atoms with Gasteiger partial charge in [0.05, 0.1) is 29.6 Å². The molecule has 10 nitrogen and oxygen atoms in total. The van der Waals surface area contributed by atoms with Crippen molar-refractivity contribution in [1.29, 1.82) is 0 Å². The van der Waals surface area contributed by atoms with Crippen LogP contribution in [0.15, 0.2) is 23.0 Å². The van der Waals surface area contributed by atoms with Crippen molar-refractivity contribution in [2.75, 3.05) is 0 Å². The van der Waals surface area contributed by atoms with Gasteiger partial charge in [-0.05, 0) is 45.2 Å². The fourth-order valence-corrected chi connectivity index (χ4v) is 10.9. The van der Waals surface area contributed by atoms with Crippen molar-refractivity contribution < 1.29 is 47.6 Å². The van der Waals surface area contributed by atoms with Gasteiger partial charge in [-0.2, -0.15) is 0 Å². The molecule has 216 valence electrons. The largest absolute Gasteiger partial charge is 0.472 e. The summed E-state index contributed by atoms with van der Waals surface area (Å²) in [4.78, 5) is 53.7. The van der Waals surface area contributed by atoms with Gasteiger partial charge in [0.2, 0.25) is 5.79 Å². The van der Waals surface area contributed by atoms with Crippen molar-refractivity contribution in [3.8, 4) is 0 Å². The fourth-order valence-electron chi connectivity index (χ4n) is 10.9. The van der Waals surface area contributed by atoms with Crippen LogP contribution in [-0.2, 0) is 38.1 Å². The van der Waals surface area contributed by atoms with Crippen LogP contribution in [0.2, 0.25) is 0 Å². The highest BCUT2D eigenvalue weighted by atomic mass is 16.7. The van der Waals surface area contributed by atoms with Crippen molar-refractivity contribution >= 4 is 23.5 Å². The summed E-state index contributed by atoms with van der Waals surface area (Å²) < 4.78 is 30.5. The Labute approximate surface area is 232 Å². The van der Waals surface area contributed by atoms with Crippen molar-refractivity contribution in [2.24, 2.45) is 28.1 Å². The van der Waals surface area contributed by atoms with Gasteiger partial charge in [0, 0.05) is 55.3 Å². The zero-order valence-electron chi connectivity index (χ0n) is 23.6. The van der Waals surface area contributed by atoms with Gasteiger partial charge in [-0.3, -0.25) is 19.2 Å². The molecule has 0 radical (unpaired) electrons. The molecule has 1 N–H and O–H groups in total. The Kier molecular flexibility index (Phi) is 4.90. The topological polar surface area (TPSA) is 142 Å². The molecule has 4 saturated carbocycles. The third-order valence-corrected chi connectivity index (χ3v) is 12.0.